The topological polar surface area (TPSA) is 72.9 Å². The van der Waals surface area contributed by atoms with E-state index in [4.69, 9.17) is 5.73 Å². The molecule has 5 heteroatoms. The van der Waals surface area contributed by atoms with Gasteiger partial charge in [0.2, 0.25) is 5.91 Å². The predicted molar refractivity (Wildman–Crippen MR) is 94.2 cm³/mol. The van der Waals surface area contributed by atoms with E-state index in [1.807, 2.05) is 12.3 Å². The van der Waals surface area contributed by atoms with E-state index in [1.54, 1.807) is 6.20 Å². The molecule has 3 N–H and O–H groups in total. The Hall–Kier alpha value is -2.14. The molecule has 1 aromatic heterocycles. The summed E-state index contributed by atoms with van der Waals surface area (Å²) in [5, 5.41) is 2.99. The van der Waals surface area contributed by atoms with E-state index >= 15 is 0 Å². The first-order valence-corrected chi connectivity index (χ1v) is 8.78. The largest absolute Gasteiger partial charge is 0.349 e. The highest BCUT2D eigenvalue weighted by atomic mass is 16.1. The summed E-state index contributed by atoms with van der Waals surface area (Å²) in [6.45, 7) is 1.34. The molecule has 0 radical (unpaired) electrons. The molecule has 0 unspecified atom stereocenters. The van der Waals surface area contributed by atoms with Gasteiger partial charge in [-0.25, -0.2) is 4.98 Å². The molecule has 0 bridgehead atoms. The van der Waals surface area contributed by atoms with Gasteiger partial charge in [0.25, 0.3) is 0 Å². The summed E-state index contributed by atoms with van der Waals surface area (Å²) in [5.74, 6) is 1.31. The van der Waals surface area contributed by atoms with E-state index in [-0.39, 0.29) is 11.9 Å². The Labute approximate surface area is 143 Å². The highest BCUT2D eigenvalue weighted by Gasteiger charge is 2.25. The third-order valence-corrected chi connectivity index (χ3v) is 4.90. The number of benzene rings is 1. The summed E-state index contributed by atoms with van der Waals surface area (Å²) in [4.78, 5) is 16.5. The van der Waals surface area contributed by atoms with Gasteiger partial charge in [0, 0.05) is 31.4 Å². The minimum absolute atomic E-state index is 0.0787. The van der Waals surface area contributed by atoms with Gasteiger partial charge in [-0.2, -0.15) is 0 Å². The van der Waals surface area contributed by atoms with Crippen LogP contribution in [0.25, 0.3) is 0 Å². The molecular formula is C19H26N4O. The predicted octanol–water partition coefficient (Wildman–Crippen LogP) is 2.26. The molecule has 24 heavy (non-hydrogen) atoms. The van der Waals surface area contributed by atoms with Gasteiger partial charge in [0.1, 0.15) is 5.82 Å². The van der Waals surface area contributed by atoms with Gasteiger partial charge >= 0.3 is 0 Å². The quantitative estimate of drug-likeness (QED) is 0.820. The number of nitrogens with one attached hydrogen (secondary N) is 1. The molecule has 1 aliphatic rings. The van der Waals surface area contributed by atoms with E-state index in [2.05, 4.69) is 39.1 Å². The van der Waals surface area contributed by atoms with Crippen LogP contribution in [0.3, 0.4) is 0 Å². The lowest BCUT2D eigenvalue weighted by atomic mass is 10.00. The lowest BCUT2D eigenvalue weighted by molar-refractivity contribution is -0.122. The maximum absolute atomic E-state index is 12.1. The number of nitrogens with two attached hydrogens (primary N) is 1. The first-order chi connectivity index (χ1) is 11.7. The molecule has 2 atom stereocenters. The second-order valence-corrected chi connectivity index (χ2v) is 6.61. The standard InChI is InChI=1S/C19H26N4O/c20-17-8-4-7-16(17)13-19(24)22-14-18-21-10-12-23(18)11-9-15-5-2-1-3-6-15/h1-3,5-6,10,12,16-17H,4,7-9,11,13-14,20H2,(H,22,24)/t16-,17+/m0/s1. The number of amides is 1. The SMILES string of the molecule is N[C@@H]1CCC[C@H]1CC(=O)NCc1nccn1CCc1ccccc1. The van der Waals surface area contributed by atoms with Crippen LogP contribution in [0.2, 0.25) is 0 Å². The molecule has 0 spiro atoms. The van der Waals surface area contributed by atoms with E-state index in [0.29, 0.717) is 18.9 Å². The van der Waals surface area contributed by atoms with Crippen LogP contribution in [-0.4, -0.2) is 21.5 Å². The van der Waals surface area contributed by atoms with Crippen molar-refractivity contribution in [1.82, 2.24) is 14.9 Å². The maximum atomic E-state index is 12.1. The van der Waals surface area contributed by atoms with Crippen LogP contribution in [0.15, 0.2) is 42.7 Å². The zero-order chi connectivity index (χ0) is 16.8. The summed E-state index contributed by atoms with van der Waals surface area (Å²) in [5.41, 5.74) is 7.34. The van der Waals surface area contributed by atoms with Crippen molar-refractivity contribution in [2.24, 2.45) is 11.7 Å². The molecule has 1 amide bonds. The molecule has 2 aromatic rings. The number of hydrogen-bond donors (Lipinski definition) is 2. The number of hydrogen-bond acceptors (Lipinski definition) is 3. The number of aryl methyl sites for hydroxylation is 2. The van der Waals surface area contributed by atoms with Crippen LogP contribution in [0.4, 0.5) is 0 Å². The van der Waals surface area contributed by atoms with Crippen LogP contribution >= 0.6 is 0 Å². The number of rotatable bonds is 7. The van der Waals surface area contributed by atoms with Crippen LogP contribution in [-0.2, 0) is 24.3 Å². The summed E-state index contributed by atoms with van der Waals surface area (Å²) >= 11 is 0. The molecule has 5 nitrogen and oxygen atoms in total. The molecular weight excluding hydrogens is 300 g/mol. The highest BCUT2D eigenvalue weighted by Crippen LogP contribution is 2.26. The van der Waals surface area contributed by atoms with Crippen LogP contribution < -0.4 is 11.1 Å². The second kappa shape index (κ2) is 8.11. The molecule has 1 fully saturated rings. The van der Waals surface area contributed by atoms with Crippen molar-refractivity contribution in [3.05, 3.63) is 54.1 Å². The van der Waals surface area contributed by atoms with Gasteiger partial charge in [0.05, 0.1) is 6.54 Å². The van der Waals surface area contributed by atoms with Gasteiger partial charge in [-0.3, -0.25) is 4.79 Å². The lowest BCUT2D eigenvalue weighted by Crippen LogP contribution is -2.31. The first-order valence-electron chi connectivity index (χ1n) is 8.78. The van der Waals surface area contributed by atoms with Gasteiger partial charge in [-0.1, -0.05) is 36.8 Å². The minimum atomic E-state index is 0.0787. The van der Waals surface area contributed by atoms with Crippen LogP contribution in [0, 0.1) is 5.92 Å². The Balaban J connectivity index is 1.47. The third kappa shape index (κ3) is 4.45. The lowest BCUT2D eigenvalue weighted by Gasteiger charge is -2.15. The van der Waals surface area contributed by atoms with Crippen LogP contribution in [0.1, 0.15) is 37.1 Å². The molecule has 1 heterocycles. The van der Waals surface area contributed by atoms with Crippen molar-refractivity contribution < 1.29 is 4.79 Å². The molecule has 1 aliphatic carbocycles. The average molecular weight is 326 g/mol. The molecule has 128 valence electrons. The Bertz CT molecular complexity index is 652. The number of carbonyl (C=O) groups is 1. The van der Waals surface area contributed by atoms with Crippen molar-refractivity contribution >= 4 is 5.91 Å². The molecule has 1 aromatic carbocycles. The minimum Gasteiger partial charge on any atom is -0.349 e. The van der Waals surface area contributed by atoms with E-state index in [1.165, 1.54) is 5.56 Å². The Morgan fingerprint density at radius 3 is 2.88 bits per heavy atom. The van der Waals surface area contributed by atoms with Gasteiger partial charge in [0.15, 0.2) is 0 Å². The van der Waals surface area contributed by atoms with Crippen molar-refractivity contribution in [2.45, 2.75) is 51.2 Å². The number of carbonyl (C=O) groups excluding carboxylic acids is 1. The van der Waals surface area contributed by atoms with Crippen molar-refractivity contribution in [1.29, 1.82) is 0 Å². The average Bonchev–Trinajstić information content (AvgIpc) is 3.21. The summed E-state index contributed by atoms with van der Waals surface area (Å²) in [6.07, 6.45) is 8.50. The number of aromatic nitrogens is 2. The molecule has 0 saturated heterocycles. The van der Waals surface area contributed by atoms with E-state index in [9.17, 15) is 4.79 Å². The fourth-order valence-electron chi connectivity index (χ4n) is 3.41. The monoisotopic (exact) mass is 326 g/mol. The van der Waals surface area contributed by atoms with Crippen LogP contribution in [0.5, 0.6) is 0 Å². The van der Waals surface area contributed by atoms with E-state index < -0.39 is 0 Å². The molecule has 0 aliphatic heterocycles. The molecule has 1 saturated carbocycles. The fraction of sp³-hybridized carbons (Fsp3) is 0.474. The summed E-state index contributed by atoms with van der Waals surface area (Å²) in [7, 11) is 0. The normalized spacial score (nSPS) is 20.2. The van der Waals surface area contributed by atoms with Crippen molar-refractivity contribution in [3.63, 3.8) is 0 Å². The Morgan fingerprint density at radius 1 is 1.29 bits per heavy atom. The third-order valence-electron chi connectivity index (χ3n) is 4.90. The summed E-state index contributed by atoms with van der Waals surface area (Å²) < 4.78 is 2.11. The van der Waals surface area contributed by atoms with Gasteiger partial charge < -0.3 is 15.6 Å². The zero-order valence-corrected chi connectivity index (χ0v) is 14.0. The smallest absolute Gasteiger partial charge is 0.220 e. The number of imidazole rings is 1. The van der Waals surface area contributed by atoms with Crippen molar-refractivity contribution in [3.8, 4) is 0 Å². The summed E-state index contributed by atoms with van der Waals surface area (Å²) in [6, 6.07) is 10.6. The zero-order valence-electron chi connectivity index (χ0n) is 14.0. The fourth-order valence-corrected chi connectivity index (χ4v) is 3.41. The van der Waals surface area contributed by atoms with E-state index in [0.717, 1.165) is 38.1 Å². The van der Waals surface area contributed by atoms with Crippen molar-refractivity contribution in [2.75, 3.05) is 0 Å². The van der Waals surface area contributed by atoms with Gasteiger partial charge in [-0.15, -0.1) is 0 Å². The number of nitrogens with zero attached hydrogens (tertiary/aromatic N) is 2. The Morgan fingerprint density at radius 2 is 2.12 bits per heavy atom. The first kappa shape index (κ1) is 16.7. The second-order valence-electron chi connectivity index (χ2n) is 6.61. The Kier molecular flexibility index (Phi) is 5.64. The molecule has 3 rings (SSSR count). The maximum Gasteiger partial charge on any atom is 0.220 e. The highest BCUT2D eigenvalue weighted by molar-refractivity contribution is 5.76. The van der Waals surface area contributed by atoms with Gasteiger partial charge in [-0.05, 0) is 30.7 Å².